The molecule has 0 fully saturated rings. The molecule has 0 heterocycles. The SMILES string of the molecule is NC(Cc1cccc(Cl)c1Br)C(=O)O. The van der Waals surface area contributed by atoms with Gasteiger partial charge in [-0.15, -0.1) is 0 Å². The van der Waals surface area contributed by atoms with Crippen LogP contribution in [0.15, 0.2) is 22.7 Å². The average molecular weight is 279 g/mol. The van der Waals surface area contributed by atoms with Crippen LogP contribution in [0, 0.1) is 0 Å². The molecule has 14 heavy (non-hydrogen) atoms. The number of benzene rings is 1. The Morgan fingerprint density at radius 3 is 2.86 bits per heavy atom. The van der Waals surface area contributed by atoms with Gasteiger partial charge in [0.25, 0.3) is 0 Å². The van der Waals surface area contributed by atoms with E-state index in [1.54, 1.807) is 18.2 Å². The van der Waals surface area contributed by atoms with Crippen LogP contribution >= 0.6 is 27.5 Å². The maximum atomic E-state index is 10.5. The van der Waals surface area contributed by atoms with E-state index >= 15 is 0 Å². The number of aliphatic carboxylic acids is 1. The lowest BCUT2D eigenvalue weighted by Crippen LogP contribution is -2.32. The Bertz CT molecular complexity index is 357. The second-order valence-electron chi connectivity index (χ2n) is 2.86. The van der Waals surface area contributed by atoms with E-state index < -0.39 is 12.0 Å². The first-order chi connectivity index (χ1) is 6.52. The van der Waals surface area contributed by atoms with Crippen molar-refractivity contribution in [3.63, 3.8) is 0 Å². The van der Waals surface area contributed by atoms with Gasteiger partial charge < -0.3 is 10.8 Å². The molecule has 3 N–H and O–H groups in total. The van der Waals surface area contributed by atoms with Crippen LogP contribution in [0.5, 0.6) is 0 Å². The van der Waals surface area contributed by atoms with E-state index in [0.29, 0.717) is 9.50 Å². The van der Waals surface area contributed by atoms with Gasteiger partial charge in [-0.25, -0.2) is 0 Å². The van der Waals surface area contributed by atoms with E-state index in [-0.39, 0.29) is 6.42 Å². The molecule has 0 aliphatic rings. The normalized spacial score (nSPS) is 12.5. The van der Waals surface area contributed by atoms with Gasteiger partial charge in [-0.2, -0.15) is 0 Å². The largest absolute Gasteiger partial charge is 0.480 e. The van der Waals surface area contributed by atoms with Crippen LogP contribution in [0.1, 0.15) is 5.56 Å². The zero-order chi connectivity index (χ0) is 10.7. The molecule has 76 valence electrons. The van der Waals surface area contributed by atoms with E-state index in [1.165, 1.54) is 0 Å². The highest BCUT2D eigenvalue weighted by Gasteiger charge is 2.14. The summed E-state index contributed by atoms with van der Waals surface area (Å²) in [4.78, 5) is 10.5. The summed E-state index contributed by atoms with van der Waals surface area (Å²) < 4.78 is 0.707. The number of carbonyl (C=O) groups is 1. The third-order valence-electron chi connectivity index (χ3n) is 1.79. The number of rotatable bonds is 3. The molecule has 1 rings (SSSR count). The van der Waals surface area contributed by atoms with Crippen molar-refractivity contribution in [2.24, 2.45) is 5.73 Å². The fourth-order valence-corrected chi connectivity index (χ4v) is 1.65. The standard InChI is InChI=1S/C9H9BrClNO2/c10-8-5(2-1-3-6(8)11)4-7(12)9(13)14/h1-3,7H,4,12H2,(H,13,14). The molecular weight excluding hydrogens is 269 g/mol. The summed E-state index contributed by atoms with van der Waals surface area (Å²) >= 11 is 9.12. The molecule has 0 aromatic heterocycles. The maximum absolute atomic E-state index is 10.5. The Morgan fingerprint density at radius 1 is 1.64 bits per heavy atom. The van der Waals surface area contributed by atoms with Crippen molar-refractivity contribution in [1.82, 2.24) is 0 Å². The molecule has 0 saturated heterocycles. The van der Waals surface area contributed by atoms with Crippen molar-refractivity contribution in [3.8, 4) is 0 Å². The monoisotopic (exact) mass is 277 g/mol. The maximum Gasteiger partial charge on any atom is 0.320 e. The van der Waals surface area contributed by atoms with Gasteiger partial charge in [0.05, 0.1) is 5.02 Å². The Hall–Kier alpha value is -0.580. The minimum atomic E-state index is -1.02. The fourth-order valence-electron chi connectivity index (χ4n) is 1.03. The van der Waals surface area contributed by atoms with Gasteiger partial charge in [0.15, 0.2) is 0 Å². The highest BCUT2D eigenvalue weighted by atomic mass is 79.9. The van der Waals surface area contributed by atoms with Gasteiger partial charge in [0, 0.05) is 4.47 Å². The van der Waals surface area contributed by atoms with Crippen LogP contribution in [0.2, 0.25) is 5.02 Å². The molecule has 3 nitrogen and oxygen atoms in total. The van der Waals surface area contributed by atoms with Gasteiger partial charge in [-0.1, -0.05) is 23.7 Å². The number of carboxylic acids is 1. The number of nitrogens with two attached hydrogens (primary N) is 1. The smallest absolute Gasteiger partial charge is 0.320 e. The zero-order valence-corrected chi connectivity index (χ0v) is 9.55. The summed E-state index contributed by atoms with van der Waals surface area (Å²) in [6.07, 6.45) is 0.260. The molecule has 0 aliphatic heterocycles. The first-order valence-corrected chi connectivity index (χ1v) is 5.10. The van der Waals surface area contributed by atoms with Crippen LogP contribution in [0.3, 0.4) is 0 Å². The minimum Gasteiger partial charge on any atom is -0.480 e. The fraction of sp³-hybridized carbons (Fsp3) is 0.222. The topological polar surface area (TPSA) is 63.3 Å². The van der Waals surface area contributed by atoms with Crippen LogP contribution in [0.4, 0.5) is 0 Å². The van der Waals surface area contributed by atoms with Gasteiger partial charge >= 0.3 is 5.97 Å². The quantitative estimate of drug-likeness (QED) is 0.889. The Balaban J connectivity index is 2.87. The molecule has 0 spiro atoms. The van der Waals surface area contributed by atoms with Gasteiger partial charge in [-0.3, -0.25) is 4.79 Å². The molecule has 0 saturated carbocycles. The summed E-state index contributed by atoms with van der Waals surface area (Å²) in [7, 11) is 0. The average Bonchev–Trinajstić information content (AvgIpc) is 2.12. The number of halogens is 2. The summed E-state index contributed by atoms with van der Waals surface area (Å²) in [5, 5.41) is 9.19. The summed E-state index contributed by atoms with van der Waals surface area (Å²) in [5.74, 6) is -1.02. The Morgan fingerprint density at radius 2 is 2.29 bits per heavy atom. The van der Waals surface area contributed by atoms with Crippen LogP contribution < -0.4 is 5.73 Å². The second-order valence-corrected chi connectivity index (χ2v) is 4.06. The van der Waals surface area contributed by atoms with E-state index in [0.717, 1.165) is 5.56 Å². The Labute approximate surface area is 95.0 Å². The van der Waals surface area contributed by atoms with Crippen molar-refractivity contribution in [2.75, 3.05) is 0 Å². The highest BCUT2D eigenvalue weighted by Crippen LogP contribution is 2.26. The predicted octanol–water partition coefficient (Wildman–Crippen LogP) is 2.06. The zero-order valence-electron chi connectivity index (χ0n) is 7.21. The van der Waals surface area contributed by atoms with E-state index in [9.17, 15) is 4.79 Å². The first-order valence-electron chi connectivity index (χ1n) is 3.93. The van der Waals surface area contributed by atoms with E-state index in [4.69, 9.17) is 22.4 Å². The lowest BCUT2D eigenvalue weighted by molar-refractivity contribution is -0.138. The van der Waals surface area contributed by atoms with Crippen molar-refractivity contribution >= 4 is 33.5 Å². The summed E-state index contributed by atoms with van der Waals surface area (Å²) in [6.45, 7) is 0. The molecule has 1 aromatic carbocycles. The van der Waals surface area contributed by atoms with Gasteiger partial charge in [-0.05, 0) is 34.0 Å². The third kappa shape index (κ3) is 2.70. The van der Waals surface area contributed by atoms with E-state index in [2.05, 4.69) is 15.9 Å². The van der Waals surface area contributed by atoms with Crippen molar-refractivity contribution in [2.45, 2.75) is 12.5 Å². The Kier molecular flexibility index (Phi) is 3.92. The lowest BCUT2D eigenvalue weighted by Gasteiger charge is -2.08. The van der Waals surface area contributed by atoms with Crippen LogP contribution in [-0.2, 0) is 11.2 Å². The molecule has 0 aliphatic carbocycles. The first kappa shape index (κ1) is 11.5. The highest BCUT2D eigenvalue weighted by molar-refractivity contribution is 9.10. The molecule has 1 aromatic rings. The molecule has 0 amide bonds. The molecule has 0 bridgehead atoms. The summed E-state index contributed by atoms with van der Waals surface area (Å²) in [5.41, 5.74) is 6.20. The lowest BCUT2D eigenvalue weighted by atomic mass is 10.1. The molecule has 1 atom stereocenters. The number of hydrogen-bond acceptors (Lipinski definition) is 2. The molecule has 1 unspecified atom stereocenters. The summed E-state index contributed by atoms with van der Waals surface area (Å²) in [6, 6.07) is 4.38. The number of carboxylic acid groups (broad SMARTS) is 1. The van der Waals surface area contributed by atoms with Gasteiger partial charge in [0.2, 0.25) is 0 Å². The third-order valence-corrected chi connectivity index (χ3v) is 3.27. The predicted molar refractivity (Wildman–Crippen MR) is 58.5 cm³/mol. The van der Waals surface area contributed by atoms with Crippen LogP contribution in [0.25, 0.3) is 0 Å². The van der Waals surface area contributed by atoms with Gasteiger partial charge in [0.1, 0.15) is 6.04 Å². The van der Waals surface area contributed by atoms with E-state index in [1.807, 2.05) is 0 Å². The molecule has 5 heteroatoms. The minimum absolute atomic E-state index is 0.260. The van der Waals surface area contributed by atoms with Crippen molar-refractivity contribution in [3.05, 3.63) is 33.3 Å². The number of hydrogen-bond donors (Lipinski definition) is 2. The van der Waals surface area contributed by atoms with Crippen LogP contribution in [-0.4, -0.2) is 17.1 Å². The molecular formula is C9H9BrClNO2. The molecule has 0 radical (unpaired) electrons. The second kappa shape index (κ2) is 4.77. The van der Waals surface area contributed by atoms with Crippen molar-refractivity contribution in [1.29, 1.82) is 0 Å². The van der Waals surface area contributed by atoms with Crippen molar-refractivity contribution < 1.29 is 9.90 Å².